The van der Waals surface area contributed by atoms with Crippen molar-refractivity contribution >= 4 is 60.9 Å². The molecular formula is C10H12Br2Cl2N2. The molecule has 1 N–H and O–H groups in total. The van der Waals surface area contributed by atoms with Gasteiger partial charge in [0, 0.05) is 22.4 Å². The number of halogens is 4. The number of nitrogens with one attached hydrogen (secondary N) is 1. The van der Waals surface area contributed by atoms with E-state index < -0.39 is 0 Å². The minimum Gasteiger partial charge on any atom is -0.361 e. The molecule has 0 saturated heterocycles. The van der Waals surface area contributed by atoms with Gasteiger partial charge in [0.05, 0.1) is 10.0 Å². The lowest BCUT2D eigenvalue weighted by atomic mass is 10.0. The average Bonchev–Trinajstić information content (AvgIpc) is 2.29. The molecule has 6 heteroatoms. The molecule has 1 aromatic heterocycles. The van der Waals surface area contributed by atoms with Gasteiger partial charge in [-0.25, -0.2) is 4.98 Å². The third-order valence-electron chi connectivity index (χ3n) is 2.38. The zero-order chi connectivity index (χ0) is 12.2. The molecule has 0 aliphatic heterocycles. The second-order valence-corrected chi connectivity index (χ2v) is 5.81. The Hall–Kier alpha value is 0.490. The van der Waals surface area contributed by atoms with Crippen molar-refractivity contribution in [2.24, 2.45) is 0 Å². The summed E-state index contributed by atoms with van der Waals surface area (Å²) in [4.78, 5) is 4.28. The molecule has 0 amide bonds. The van der Waals surface area contributed by atoms with Gasteiger partial charge in [0.15, 0.2) is 0 Å². The highest BCUT2D eigenvalue weighted by Gasteiger charge is 2.27. The van der Waals surface area contributed by atoms with Crippen LogP contribution in [-0.4, -0.2) is 22.3 Å². The van der Waals surface area contributed by atoms with E-state index in [1.165, 1.54) is 0 Å². The first-order valence-corrected chi connectivity index (χ1v) is 7.43. The van der Waals surface area contributed by atoms with E-state index in [0.717, 1.165) is 21.2 Å². The van der Waals surface area contributed by atoms with Crippen LogP contribution < -0.4 is 5.32 Å². The van der Waals surface area contributed by atoms with Crippen LogP contribution in [0.1, 0.15) is 13.3 Å². The fourth-order valence-electron chi connectivity index (χ4n) is 1.14. The molecule has 1 rings (SSSR count). The van der Waals surface area contributed by atoms with E-state index in [4.69, 9.17) is 23.2 Å². The maximum atomic E-state index is 5.96. The van der Waals surface area contributed by atoms with Crippen molar-refractivity contribution in [1.82, 2.24) is 4.98 Å². The minimum absolute atomic E-state index is 0.313. The van der Waals surface area contributed by atoms with Crippen molar-refractivity contribution in [3.8, 4) is 0 Å². The summed E-state index contributed by atoms with van der Waals surface area (Å²) in [6, 6.07) is 1.93. The Labute approximate surface area is 122 Å². The molecule has 0 atom stereocenters. The summed E-state index contributed by atoms with van der Waals surface area (Å²) in [5.41, 5.74) is -0.313. The van der Waals surface area contributed by atoms with E-state index in [1.54, 1.807) is 6.20 Å². The number of nitrogens with zero attached hydrogens (tertiary/aromatic N) is 1. The van der Waals surface area contributed by atoms with Gasteiger partial charge in [-0.1, -0.05) is 6.92 Å². The van der Waals surface area contributed by atoms with E-state index in [1.807, 2.05) is 13.0 Å². The summed E-state index contributed by atoms with van der Waals surface area (Å²) in [7, 11) is 0. The van der Waals surface area contributed by atoms with Crippen LogP contribution in [0.4, 0.5) is 5.82 Å². The fraction of sp³-hybridized carbons (Fsp3) is 0.500. The topological polar surface area (TPSA) is 24.9 Å². The Kier molecular flexibility index (Phi) is 5.85. The molecule has 16 heavy (non-hydrogen) atoms. The van der Waals surface area contributed by atoms with Gasteiger partial charge in [-0.15, -0.1) is 23.2 Å². The molecule has 0 aromatic carbocycles. The number of pyridine rings is 1. The van der Waals surface area contributed by atoms with Gasteiger partial charge in [-0.2, -0.15) is 0 Å². The first-order chi connectivity index (χ1) is 7.56. The molecule has 2 nitrogen and oxygen atoms in total. The Bertz CT molecular complexity index is 348. The predicted molar refractivity (Wildman–Crippen MR) is 77.7 cm³/mol. The largest absolute Gasteiger partial charge is 0.361 e. The fourth-order valence-corrected chi connectivity index (χ4v) is 3.02. The van der Waals surface area contributed by atoms with E-state index in [9.17, 15) is 0 Å². The summed E-state index contributed by atoms with van der Waals surface area (Å²) < 4.78 is 1.80. The first-order valence-electron chi connectivity index (χ1n) is 4.78. The van der Waals surface area contributed by atoms with Crippen LogP contribution in [0.15, 0.2) is 21.2 Å². The highest BCUT2D eigenvalue weighted by molar-refractivity contribution is 9.11. The van der Waals surface area contributed by atoms with Crippen LogP contribution in [-0.2, 0) is 0 Å². The molecule has 0 fully saturated rings. The first kappa shape index (κ1) is 14.6. The number of rotatable bonds is 5. The van der Waals surface area contributed by atoms with Crippen LogP contribution in [0.3, 0.4) is 0 Å². The van der Waals surface area contributed by atoms with Crippen molar-refractivity contribution in [3.63, 3.8) is 0 Å². The third-order valence-corrected chi connectivity index (χ3v) is 4.44. The van der Waals surface area contributed by atoms with Crippen LogP contribution in [0.25, 0.3) is 0 Å². The number of hydrogen-bond acceptors (Lipinski definition) is 2. The average molecular weight is 391 g/mol. The van der Waals surface area contributed by atoms with E-state index in [2.05, 4.69) is 42.2 Å². The van der Waals surface area contributed by atoms with Gasteiger partial charge >= 0.3 is 0 Å². The van der Waals surface area contributed by atoms with E-state index in [0.29, 0.717) is 11.8 Å². The molecule has 0 aliphatic rings. The molecule has 90 valence electrons. The summed E-state index contributed by atoms with van der Waals surface area (Å²) >= 11 is 18.7. The molecule has 0 saturated carbocycles. The molecular weight excluding hydrogens is 379 g/mol. The van der Waals surface area contributed by atoms with Crippen molar-refractivity contribution in [2.75, 3.05) is 17.1 Å². The number of aromatic nitrogens is 1. The number of hydrogen-bond donors (Lipinski definition) is 1. The van der Waals surface area contributed by atoms with E-state index in [-0.39, 0.29) is 5.54 Å². The van der Waals surface area contributed by atoms with Gasteiger partial charge in [0.25, 0.3) is 0 Å². The summed E-state index contributed by atoms with van der Waals surface area (Å²) in [5.74, 6) is 1.64. The predicted octanol–water partition coefficient (Wildman–Crippen LogP) is 4.64. The molecule has 0 unspecified atom stereocenters. The lowest BCUT2D eigenvalue weighted by molar-refractivity contribution is 0.557. The van der Waals surface area contributed by atoms with Crippen molar-refractivity contribution < 1.29 is 0 Å². The van der Waals surface area contributed by atoms with Crippen LogP contribution in [0, 0.1) is 0 Å². The summed E-state index contributed by atoms with van der Waals surface area (Å²) in [6.07, 6.45) is 2.57. The zero-order valence-corrected chi connectivity index (χ0v) is 13.4. The van der Waals surface area contributed by atoms with Crippen molar-refractivity contribution in [2.45, 2.75) is 18.9 Å². The second kappa shape index (κ2) is 6.43. The van der Waals surface area contributed by atoms with Crippen LogP contribution in [0.5, 0.6) is 0 Å². The summed E-state index contributed by atoms with van der Waals surface area (Å²) in [6.45, 7) is 2.05. The minimum atomic E-state index is -0.313. The van der Waals surface area contributed by atoms with Gasteiger partial charge in [-0.05, 0) is 44.3 Å². The maximum absolute atomic E-state index is 5.96. The zero-order valence-electron chi connectivity index (χ0n) is 8.74. The third kappa shape index (κ3) is 3.49. The van der Waals surface area contributed by atoms with Gasteiger partial charge in [-0.3, -0.25) is 0 Å². The molecule has 0 radical (unpaired) electrons. The van der Waals surface area contributed by atoms with Crippen molar-refractivity contribution in [3.05, 3.63) is 21.2 Å². The highest BCUT2D eigenvalue weighted by Crippen LogP contribution is 2.28. The lowest BCUT2D eigenvalue weighted by Crippen LogP contribution is -2.42. The molecule has 0 spiro atoms. The van der Waals surface area contributed by atoms with Crippen LogP contribution >= 0.6 is 55.1 Å². The normalized spacial score (nSPS) is 11.6. The molecule has 0 aliphatic carbocycles. The molecule has 1 aromatic rings. The van der Waals surface area contributed by atoms with Gasteiger partial charge in [0.2, 0.25) is 0 Å². The van der Waals surface area contributed by atoms with Gasteiger partial charge < -0.3 is 5.32 Å². The van der Waals surface area contributed by atoms with Gasteiger partial charge in [0.1, 0.15) is 5.82 Å². The Morgan fingerprint density at radius 3 is 2.44 bits per heavy atom. The number of anilines is 1. The maximum Gasteiger partial charge on any atom is 0.140 e. The van der Waals surface area contributed by atoms with Crippen LogP contribution in [0.2, 0.25) is 0 Å². The Morgan fingerprint density at radius 2 is 2.00 bits per heavy atom. The lowest BCUT2D eigenvalue weighted by Gasteiger charge is -2.30. The smallest absolute Gasteiger partial charge is 0.140 e. The molecule has 1 heterocycles. The standard InChI is InChI=1S/C10H12Br2Cl2N2/c1-2-10(5-13,6-14)16-9-8(12)3-7(11)4-15-9/h3-4H,2,5-6H2,1H3,(H,15,16). The quantitative estimate of drug-likeness (QED) is 0.740. The number of alkyl halides is 2. The van der Waals surface area contributed by atoms with Crippen molar-refractivity contribution in [1.29, 1.82) is 0 Å². The second-order valence-electron chi connectivity index (χ2n) is 3.51. The monoisotopic (exact) mass is 388 g/mol. The molecule has 0 bridgehead atoms. The SMILES string of the molecule is CCC(CCl)(CCl)Nc1ncc(Br)cc1Br. The van der Waals surface area contributed by atoms with E-state index >= 15 is 0 Å². The summed E-state index contributed by atoms with van der Waals surface area (Å²) in [5, 5.41) is 3.29. The highest BCUT2D eigenvalue weighted by atomic mass is 79.9. The Morgan fingerprint density at radius 1 is 1.38 bits per heavy atom. The Balaban J connectivity index is 2.93.